The van der Waals surface area contributed by atoms with Crippen molar-refractivity contribution < 1.29 is 14.2 Å². The Labute approximate surface area is 105 Å². The lowest BCUT2D eigenvalue weighted by Gasteiger charge is -2.06. The van der Waals surface area contributed by atoms with Gasteiger partial charge >= 0.3 is 0 Å². The Morgan fingerprint density at radius 1 is 0.824 bits per heavy atom. The standard InChI is InChI=1S/C12H28N2O3/c1-2-14-6-4-8-16-10-12-17-11-9-15-7-3-5-13/h14H,2-13H2,1H3. The molecule has 0 radical (unpaired) electrons. The summed E-state index contributed by atoms with van der Waals surface area (Å²) >= 11 is 0. The highest BCUT2D eigenvalue weighted by Gasteiger charge is 1.91. The van der Waals surface area contributed by atoms with Crippen molar-refractivity contribution in [2.45, 2.75) is 19.8 Å². The molecule has 0 heterocycles. The summed E-state index contributed by atoms with van der Waals surface area (Å²) in [6, 6.07) is 0. The fraction of sp³-hybridized carbons (Fsp3) is 1.00. The Morgan fingerprint density at radius 3 is 1.88 bits per heavy atom. The summed E-state index contributed by atoms with van der Waals surface area (Å²) < 4.78 is 16.0. The van der Waals surface area contributed by atoms with Crippen LogP contribution in [0.4, 0.5) is 0 Å². The smallest absolute Gasteiger partial charge is 0.0701 e. The fourth-order valence-electron chi connectivity index (χ4n) is 1.20. The van der Waals surface area contributed by atoms with Gasteiger partial charge in [0.1, 0.15) is 0 Å². The van der Waals surface area contributed by atoms with E-state index in [2.05, 4.69) is 12.2 Å². The first-order chi connectivity index (χ1) is 8.41. The topological polar surface area (TPSA) is 65.7 Å². The molecule has 17 heavy (non-hydrogen) atoms. The van der Waals surface area contributed by atoms with E-state index in [1.54, 1.807) is 0 Å². The van der Waals surface area contributed by atoms with Gasteiger partial charge in [0, 0.05) is 13.2 Å². The SMILES string of the molecule is CCNCCCOCCOCCOCCCN. The molecule has 0 saturated heterocycles. The lowest BCUT2D eigenvalue weighted by atomic mass is 10.4. The highest BCUT2D eigenvalue weighted by Crippen LogP contribution is 1.84. The second kappa shape index (κ2) is 15.8. The van der Waals surface area contributed by atoms with E-state index in [1.165, 1.54) is 0 Å². The maximum Gasteiger partial charge on any atom is 0.0701 e. The van der Waals surface area contributed by atoms with E-state index < -0.39 is 0 Å². The molecule has 0 aromatic carbocycles. The Kier molecular flexibility index (Phi) is 15.6. The van der Waals surface area contributed by atoms with Crippen LogP contribution in [-0.4, -0.2) is 59.3 Å². The summed E-state index contributed by atoms with van der Waals surface area (Å²) in [5.74, 6) is 0. The minimum Gasteiger partial charge on any atom is -0.379 e. The molecule has 0 fully saturated rings. The Bertz CT molecular complexity index is 123. The molecule has 0 bridgehead atoms. The van der Waals surface area contributed by atoms with E-state index >= 15 is 0 Å². The Balaban J connectivity index is 2.85. The molecular weight excluding hydrogens is 220 g/mol. The fourth-order valence-corrected chi connectivity index (χ4v) is 1.20. The summed E-state index contributed by atoms with van der Waals surface area (Å²) in [4.78, 5) is 0. The van der Waals surface area contributed by atoms with Gasteiger partial charge in [0.15, 0.2) is 0 Å². The van der Waals surface area contributed by atoms with Crippen molar-refractivity contribution >= 4 is 0 Å². The van der Waals surface area contributed by atoms with Gasteiger partial charge in [-0.25, -0.2) is 0 Å². The summed E-state index contributed by atoms with van der Waals surface area (Å²) in [5.41, 5.74) is 5.34. The summed E-state index contributed by atoms with van der Waals surface area (Å²) in [6.07, 6.45) is 1.96. The van der Waals surface area contributed by atoms with Crippen LogP contribution in [0.5, 0.6) is 0 Å². The molecule has 0 unspecified atom stereocenters. The van der Waals surface area contributed by atoms with Crippen LogP contribution < -0.4 is 11.1 Å². The minimum absolute atomic E-state index is 0.630. The van der Waals surface area contributed by atoms with Crippen LogP contribution in [0.25, 0.3) is 0 Å². The first-order valence-electron chi connectivity index (χ1n) is 6.55. The highest BCUT2D eigenvalue weighted by atomic mass is 16.5. The summed E-state index contributed by atoms with van der Waals surface area (Å²) in [7, 11) is 0. The molecule has 0 aliphatic heterocycles. The highest BCUT2D eigenvalue weighted by molar-refractivity contribution is 4.43. The molecule has 0 rings (SSSR count). The van der Waals surface area contributed by atoms with Crippen molar-refractivity contribution in [1.82, 2.24) is 5.32 Å². The van der Waals surface area contributed by atoms with Gasteiger partial charge in [0.05, 0.1) is 26.4 Å². The maximum atomic E-state index is 5.40. The minimum atomic E-state index is 0.630. The average molecular weight is 248 g/mol. The molecule has 0 aliphatic carbocycles. The van der Waals surface area contributed by atoms with Gasteiger partial charge in [-0.15, -0.1) is 0 Å². The second-order valence-corrected chi connectivity index (χ2v) is 3.69. The number of hydrogen-bond donors (Lipinski definition) is 2. The first-order valence-corrected chi connectivity index (χ1v) is 6.55. The maximum absolute atomic E-state index is 5.40. The van der Waals surface area contributed by atoms with E-state index in [1.807, 2.05) is 0 Å². The van der Waals surface area contributed by atoms with Gasteiger partial charge in [-0.05, 0) is 32.5 Å². The number of hydrogen-bond acceptors (Lipinski definition) is 5. The van der Waals surface area contributed by atoms with E-state index in [0.29, 0.717) is 33.0 Å². The van der Waals surface area contributed by atoms with Crippen LogP contribution in [0.1, 0.15) is 19.8 Å². The molecule has 0 atom stereocenters. The lowest BCUT2D eigenvalue weighted by Crippen LogP contribution is -2.16. The molecule has 104 valence electrons. The van der Waals surface area contributed by atoms with Crippen LogP contribution in [0.2, 0.25) is 0 Å². The molecule has 0 aromatic rings. The van der Waals surface area contributed by atoms with Crippen molar-refractivity contribution in [1.29, 1.82) is 0 Å². The molecule has 0 spiro atoms. The van der Waals surface area contributed by atoms with E-state index in [-0.39, 0.29) is 0 Å². The zero-order valence-corrected chi connectivity index (χ0v) is 11.1. The van der Waals surface area contributed by atoms with Crippen LogP contribution in [0, 0.1) is 0 Å². The zero-order valence-electron chi connectivity index (χ0n) is 11.1. The van der Waals surface area contributed by atoms with Gasteiger partial charge in [-0.2, -0.15) is 0 Å². The van der Waals surface area contributed by atoms with Gasteiger partial charge in [0.2, 0.25) is 0 Å². The van der Waals surface area contributed by atoms with Gasteiger partial charge in [0.25, 0.3) is 0 Å². The van der Waals surface area contributed by atoms with Crippen molar-refractivity contribution in [3.63, 3.8) is 0 Å². The van der Waals surface area contributed by atoms with Crippen LogP contribution in [-0.2, 0) is 14.2 Å². The molecule has 0 amide bonds. The van der Waals surface area contributed by atoms with E-state index in [9.17, 15) is 0 Å². The first kappa shape index (κ1) is 16.8. The van der Waals surface area contributed by atoms with E-state index in [4.69, 9.17) is 19.9 Å². The Morgan fingerprint density at radius 2 is 1.35 bits per heavy atom. The zero-order chi connectivity index (χ0) is 12.6. The molecular formula is C12H28N2O3. The predicted molar refractivity (Wildman–Crippen MR) is 69.3 cm³/mol. The number of nitrogens with two attached hydrogens (primary N) is 1. The largest absolute Gasteiger partial charge is 0.379 e. The lowest BCUT2D eigenvalue weighted by molar-refractivity contribution is 0.0141. The third kappa shape index (κ3) is 15.8. The average Bonchev–Trinajstić information content (AvgIpc) is 2.35. The molecule has 0 aromatic heterocycles. The van der Waals surface area contributed by atoms with Crippen LogP contribution in [0.15, 0.2) is 0 Å². The van der Waals surface area contributed by atoms with Crippen molar-refractivity contribution in [2.75, 3.05) is 59.3 Å². The molecule has 3 N–H and O–H groups in total. The predicted octanol–water partition coefficient (Wildman–Crippen LogP) is 0.385. The van der Waals surface area contributed by atoms with Crippen LogP contribution >= 0.6 is 0 Å². The van der Waals surface area contributed by atoms with Gasteiger partial charge < -0.3 is 25.3 Å². The van der Waals surface area contributed by atoms with Crippen molar-refractivity contribution in [3.05, 3.63) is 0 Å². The van der Waals surface area contributed by atoms with Crippen LogP contribution in [0.3, 0.4) is 0 Å². The normalized spacial score (nSPS) is 10.9. The molecule has 0 aliphatic rings. The third-order valence-electron chi connectivity index (χ3n) is 2.13. The number of ether oxygens (including phenoxy) is 3. The third-order valence-corrected chi connectivity index (χ3v) is 2.13. The van der Waals surface area contributed by atoms with E-state index in [0.717, 1.165) is 39.1 Å². The summed E-state index contributed by atoms with van der Waals surface area (Å²) in [6.45, 7) is 8.91. The monoisotopic (exact) mass is 248 g/mol. The molecule has 0 saturated carbocycles. The second-order valence-electron chi connectivity index (χ2n) is 3.69. The number of nitrogens with one attached hydrogen (secondary N) is 1. The van der Waals surface area contributed by atoms with Gasteiger partial charge in [-0.1, -0.05) is 6.92 Å². The quantitative estimate of drug-likeness (QED) is 0.435. The number of rotatable bonds is 14. The van der Waals surface area contributed by atoms with Crippen molar-refractivity contribution in [3.8, 4) is 0 Å². The Hall–Kier alpha value is -0.200. The van der Waals surface area contributed by atoms with Crippen molar-refractivity contribution in [2.24, 2.45) is 5.73 Å². The molecule has 5 nitrogen and oxygen atoms in total. The molecule has 5 heteroatoms. The van der Waals surface area contributed by atoms with Gasteiger partial charge in [-0.3, -0.25) is 0 Å². The summed E-state index contributed by atoms with van der Waals surface area (Å²) in [5, 5.41) is 3.25.